The Hall–Kier alpha value is -3.48. The van der Waals surface area contributed by atoms with Gasteiger partial charge in [0.05, 0.1) is 17.2 Å². The van der Waals surface area contributed by atoms with E-state index in [4.69, 9.17) is 5.73 Å². The number of amidine groups is 1. The molecule has 1 saturated carbocycles. The molecule has 0 unspecified atom stereocenters. The Morgan fingerprint density at radius 2 is 2.00 bits per heavy atom. The number of aliphatic imine (C=N–C) groups is 1. The normalized spacial score (nSPS) is 17.2. The van der Waals surface area contributed by atoms with E-state index in [-0.39, 0.29) is 11.3 Å². The van der Waals surface area contributed by atoms with Gasteiger partial charge in [-0.15, -0.1) is 0 Å². The highest BCUT2D eigenvalue weighted by molar-refractivity contribution is 6.06. The van der Waals surface area contributed by atoms with Gasteiger partial charge in [-0.25, -0.2) is 4.98 Å². The van der Waals surface area contributed by atoms with Crippen molar-refractivity contribution in [1.29, 1.82) is 0 Å². The van der Waals surface area contributed by atoms with Crippen molar-refractivity contribution in [2.75, 3.05) is 11.9 Å². The summed E-state index contributed by atoms with van der Waals surface area (Å²) < 4.78 is 1.58. The molecule has 7 heteroatoms. The average Bonchev–Trinajstić information content (AvgIpc) is 3.36. The number of benzene rings is 1. The second-order valence-electron chi connectivity index (χ2n) is 8.13. The largest absolute Gasteiger partial charge is 0.386 e. The number of anilines is 1. The second-order valence-corrected chi connectivity index (χ2v) is 8.13. The van der Waals surface area contributed by atoms with Crippen molar-refractivity contribution < 1.29 is 4.79 Å². The minimum Gasteiger partial charge on any atom is -0.386 e. The first-order valence-electron chi connectivity index (χ1n) is 10.3. The number of nitrogens with two attached hydrogens (primary N) is 1. The number of nitrogens with zero attached hydrogens (tertiary/aromatic N) is 4. The van der Waals surface area contributed by atoms with Crippen LogP contribution in [0, 0.1) is 0 Å². The zero-order valence-electron chi connectivity index (χ0n) is 16.9. The van der Waals surface area contributed by atoms with Crippen LogP contribution in [0.2, 0.25) is 0 Å². The van der Waals surface area contributed by atoms with Crippen LogP contribution in [0.3, 0.4) is 0 Å². The number of hydrogen-bond donors (Lipinski definition) is 2. The number of carbonyl (C=O) groups is 1. The summed E-state index contributed by atoms with van der Waals surface area (Å²) >= 11 is 0. The fraction of sp³-hybridized carbons (Fsp3) is 0.304. The van der Waals surface area contributed by atoms with Crippen LogP contribution in [-0.2, 0) is 18.9 Å². The smallest absolute Gasteiger partial charge is 0.281 e. The van der Waals surface area contributed by atoms with E-state index in [9.17, 15) is 4.79 Å². The summed E-state index contributed by atoms with van der Waals surface area (Å²) in [6, 6.07) is 10.6. The molecule has 1 fully saturated rings. The van der Waals surface area contributed by atoms with Crippen LogP contribution in [0.1, 0.15) is 40.7 Å². The molecule has 7 nitrogen and oxygen atoms in total. The van der Waals surface area contributed by atoms with Gasteiger partial charge < -0.3 is 11.1 Å². The zero-order valence-corrected chi connectivity index (χ0v) is 16.9. The summed E-state index contributed by atoms with van der Waals surface area (Å²) in [4.78, 5) is 21.3. The quantitative estimate of drug-likeness (QED) is 0.518. The van der Waals surface area contributed by atoms with E-state index >= 15 is 0 Å². The fourth-order valence-corrected chi connectivity index (χ4v) is 4.35. The molecule has 0 atom stereocenters. The molecule has 5 rings (SSSR count). The van der Waals surface area contributed by atoms with Crippen LogP contribution in [-0.4, -0.2) is 33.1 Å². The third-order valence-electron chi connectivity index (χ3n) is 6.30. The summed E-state index contributed by atoms with van der Waals surface area (Å²) in [6.07, 6.45) is 8.95. The Kier molecular flexibility index (Phi) is 4.38. The molecule has 0 saturated heterocycles. The van der Waals surface area contributed by atoms with Crippen LogP contribution in [0.5, 0.6) is 0 Å². The summed E-state index contributed by atoms with van der Waals surface area (Å²) in [5.74, 6) is 1.04. The SMILES string of the molecule is Cn1cc(C(=O)N=C(N)C2(c3ccc(-c4cnc5c(c4)CCN5)cc3)CCC2)cn1. The maximum atomic E-state index is 12.5. The molecule has 0 spiro atoms. The highest BCUT2D eigenvalue weighted by Crippen LogP contribution is 2.44. The zero-order chi connectivity index (χ0) is 20.7. The van der Waals surface area contributed by atoms with Crippen molar-refractivity contribution in [3.8, 4) is 11.1 Å². The number of amides is 1. The fourth-order valence-electron chi connectivity index (χ4n) is 4.35. The monoisotopic (exact) mass is 400 g/mol. The summed E-state index contributed by atoms with van der Waals surface area (Å²) in [5, 5.41) is 7.33. The first-order chi connectivity index (χ1) is 14.5. The van der Waals surface area contributed by atoms with Gasteiger partial charge in [-0.1, -0.05) is 30.7 Å². The summed E-state index contributed by atoms with van der Waals surface area (Å²) in [6.45, 7) is 0.948. The van der Waals surface area contributed by atoms with Crippen molar-refractivity contribution in [1.82, 2.24) is 14.8 Å². The maximum absolute atomic E-state index is 12.5. The third kappa shape index (κ3) is 3.07. The first kappa shape index (κ1) is 18.5. The number of pyridine rings is 1. The molecule has 3 heterocycles. The number of carbonyl (C=O) groups excluding carboxylic acids is 1. The molecular formula is C23H24N6O. The van der Waals surface area contributed by atoms with Crippen molar-refractivity contribution in [2.45, 2.75) is 31.1 Å². The summed E-state index contributed by atoms with van der Waals surface area (Å²) in [5.41, 5.74) is 11.1. The van der Waals surface area contributed by atoms with Crippen LogP contribution in [0.25, 0.3) is 11.1 Å². The molecule has 0 radical (unpaired) electrons. The van der Waals surface area contributed by atoms with E-state index in [0.717, 1.165) is 54.7 Å². The van der Waals surface area contributed by atoms with Crippen molar-refractivity contribution in [3.63, 3.8) is 0 Å². The highest BCUT2D eigenvalue weighted by Gasteiger charge is 2.42. The van der Waals surface area contributed by atoms with Gasteiger partial charge in [0, 0.05) is 31.5 Å². The van der Waals surface area contributed by atoms with E-state index in [0.29, 0.717) is 11.4 Å². The lowest BCUT2D eigenvalue weighted by molar-refractivity contribution is 0.100. The van der Waals surface area contributed by atoms with Gasteiger partial charge >= 0.3 is 0 Å². The minimum absolute atomic E-state index is 0.346. The molecule has 2 aliphatic rings. The van der Waals surface area contributed by atoms with E-state index in [2.05, 4.69) is 50.7 Å². The van der Waals surface area contributed by atoms with E-state index < -0.39 is 0 Å². The van der Waals surface area contributed by atoms with Gasteiger partial charge in [-0.2, -0.15) is 10.1 Å². The Bertz CT molecular complexity index is 1140. The van der Waals surface area contributed by atoms with E-state index in [1.807, 2.05) is 6.20 Å². The predicted molar refractivity (Wildman–Crippen MR) is 117 cm³/mol. The third-order valence-corrected chi connectivity index (χ3v) is 6.30. The van der Waals surface area contributed by atoms with Crippen molar-refractivity contribution in [2.24, 2.45) is 17.8 Å². The first-order valence-corrected chi connectivity index (χ1v) is 10.3. The lowest BCUT2D eigenvalue weighted by Gasteiger charge is -2.41. The van der Waals surface area contributed by atoms with Gasteiger partial charge in [-0.3, -0.25) is 9.48 Å². The van der Waals surface area contributed by atoms with Crippen LogP contribution < -0.4 is 11.1 Å². The van der Waals surface area contributed by atoms with Gasteiger partial charge in [0.25, 0.3) is 5.91 Å². The number of aromatic nitrogens is 3. The van der Waals surface area contributed by atoms with Gasteiger partial charge in [0.2, 0.25) is 0 Å². The van der Waals surface area contributed by atoms with Gasteiger partial charge in [-0.05, 0) is 42.0 Å². The molecule has 3 N–H and O–H groups in total. The molecule has 1 aromatic carbocycles. The Labute approximate surface area is 175 Å². The lowest BCUT2D eigenvalue weighted by Crippen LogP contribution is -2.47. The molecule has 1 aliphatic carbocycles. The van der Waals surface area contributed by atoms with Crippen molar-refractivity contribution >= 4 is 17.6 Å². The van der Waals surface area contributed by atoms with Gasteiger partial charge in [0.1, 0.15) is 11.7 Å². The molecule has 3 aromatic rings. The van der Waals surface area contributed by atoms with E-state index in [1.165, 1.54) is 11.8 Å². The van der Waals surface area contributed by atoms with Crippen LogP contribution in [0.15, 0.2) is 53.9 Å². The molecule has 30 heavy (non-hydrogen) atoms. The Balaban J connectivity index is 1.42. The number of hydrogen-bond acceptors (Lipinski definition) is 4. The average molecular weight is 400 g/mol. The number of aryl methyl sites for hydroxylation is 1. The van der Waals surface area contributed by atoms with Crippen molar-refractivity contribution in [3.05, 3.63) is 65.6 Å². The number of nitrogens with one attached hydrogen (secondary N) is 1. The number of rotatable bonds is 4. The van der Waals surface area contributed by atoms with Gasteiger partial charge in [0.15, 0.2) is 0 Å². The molecule has 1 aliphatic heterocycles. The standard InChI is InChI=1S/C23H24N6O/c1-29-14-18(13-27-29)21(30)28-22(24)23(8-2-9-23)19-5-3-15(4-6-19)17-11-16-7-10-25-20(16)26-12-17/h3-6,11-14H,2,7-10H2,1H3,(H,25,26)(H2,24,28,30). The van der Waals surface area contributed by atoms with Crippen LogP contribution in [0.4, 0.5) is 5.82 Å². The number of fused-ring (bicyclic) bond motifs is 1. The van der Waals surface area contributed by atoms with Crippen LogP contribution >= 0.6 is 0 Å². The predicted octanol–water partition coefficient (Wildman–Crippen LogP) is 3.07. The second kappa shape index (κ2) is 7.09. The Morgan fingerprint density at radius 3 is 2.67 bits per heavy atom. The molecule has 2 aromatic heterocycles. The lowest BCUT2D eigenvalue weighted by atomic mass is 9.63. The Morgan fingerprint density at radius 1 is 1.20 bits per heavy atom. The highest BCUT2D eigenvalue weighted by atomic mass is 16.1. The molecular weight excluding hydrogens is 376 g/mol. The minimum atomic E-state index is -0.365. The molecule has 0 bridgehead atoms. The maximum Gasteiger partial charge on any atom is 0.281 e. The topological polar surface area (TPSA) is 98.2 Å². The van der Waals surface area contributed by atoms with E-state index in [1.54, 1.807) is 17.9 Å². The molecule has 152 valence electrons. The summed E-state index contributed by atoms with van der Waals surface area (Å²) in [7, 11) is 1.77. The molecule has 1 amide bonds.